The van der Waals surface area contributed by atoms with Crippen LogP contribution in [0.25, 0.3) is 5.52 Å². The summed E-state index contributed by atoms with van der Waals surface area (Å²) in [6, 6.07) is 5.04. The maximum atomic E-state index is 12.4. The van der Waals surface area contributed by atoms with Crippen LogP contribution in [0.15, 0.2) is 30.1 Å². The van der Waals surface area contributed by atoms with E-state index >= 15 is 0 Å². The summed E-state index contributed by atoms with van der Waals surface area (Å²) in [4.78, 5) is 16.3. The first-order valence-electron chi connectivity index (χ1n) is 11.1. The fourth-order valence-electron chi connectivity index (χ4n) is 4.62. The summed E-state index contributed by atoms with van der Waals surface area (Å²) in [5.74, 6) is 0.332. The lowest BCUT2D eigenvalue weighted by Crippen LogP contribution is -2.41. The number of nitrogen functional groups attached to an aromatic ring is 1. The topological polar surface area (TPSA) is 165 Å². The summed E-state index contributed by atoms with van der Waals surface area (Å²) in [6.07, 6.45) is 0.807. The molecule has 11 heteroatoms. The molecule has 3 heterocycles. The predicted molar refractivity (Wildman–Crippen MR) is 119 cm³/mol. The lowest BCUT2D eigenvalue weighted by Gasteiger charge is -2.35. The second kappa shape index (κ2) is 8.87. The zero-order chi connectivity index (χ0) is 24.7. The van der Waals surface area contributed by atoms with Gasteiger partial charge in [-0.05, 0) is 52.2 Å². The molecule has 11 nitrogen and oxygen atoms in total. The Morgan fingerprint density at radius 1 is 1.44 bits per heavy atom. The van der Waals surface area contributed by atoms with Crippen LogP contribution in [0.4, 0.5) is 10.6 Å². The summed E-state index contributed by atoms with van der Waals surface area (Å²) < 4.78 is 17.9. The van der Waals surface area contributed by atoms with Gasteiger partial charge < -0.3 is 30.2 Å². The number of nitrogens with two attached hydrogens (primary N) is 1. The van der Waals surface area contributed by atoms with Crippen molar-refractivity contribution < 1.29 is 29.2 Å². The van der Waals surface area contributed by atoms with Gasteiger partial charge in [-0.1, -0.05) is 11.6 Å². The van der Waals surface area contributed by atoms with Crippen molar-refractivity contribution in [2.75, 3.05) is 12.3 Å². The van der Waals surface area contributed by atoms with E-state index in [4.69, 9.17) is 19.9 Å². The van der Waals surface area contributed by atoms with Gasteiger partial charge in [0.05, 0.1) is 5.69 Å². The number of rotatable bonds is 5. The Morgan fingerprint density at radius 2 is 2.21 bits per heavy atom. The number of nitrogens with zero attached hydrogens (tertiary/aromatic N) is 4. The van der Waals surface area contributed by atoms with Gasteiger partial charge in [-0.3, -0.25) is 0 Å². The molecule has 0 bridgehead atoms. The molecule has 0 spiro atoms. The zero-order valence-corrected chi connectivity index (χ0v) is 19.3. The molecule has 0 saturated carbocycles. The Labute approximate surface area is 196 Å². The number of anilines is 1. The van der Waals surface area contributed by atoms with E-state index in [1.807, 2.05) is 19.9 Å². The minimum absolute atomic E-state index is 0.155. The molecule has 0 aromatic carbocycles. The van der Waals surface area contributed by atoms with Gasteiger partial charge >= 0.3 is 6.16 Å². The molecule has 1 fully saturated rings. The lowest BCUT2D eigenvalue weighted by atomic mass is 9.80. The summed E-state index contributed by atoms with van der Waals surface area (Å²) in [7, 11) is 0. The molecule has 0 amide bonds. The average Bonchev–Trinajstić information content (AvgIpc) is 3.34. The molecule has 182 valence electrons. The van der Waals surface area contributed by atoms with Gasteiger partial charge in [0.1, 0.15) is 48.4 Å². The number of fused-ring (bicyclic) bond motifs is 1. The highest BCUT2D eigenvalue weighted by Crippen LogP contribution is 2.40. The molecule has 0 radical (unpaired) electrons. The fourth-order valence-corrected chi connectivity index (χ4v) is 4.62. The van der Waals surface area contributed by atoms with Gasteiger partial charge in [-0.15, -0.1) is 0 Å². The lowest BCUT2D eigenvalue weighted by molar-refractivity contribution is -0.0883. The molecule has 34 heavy (non-hydrogen) atoms. The van der Waals surface area contributed by atoms with Crippen molar-refractivity contribution in [1.29, 1.82) is 5.26 Å². The normalized spacial score (nSPS) is 29.5. The van der Waals surface area contributed by atoms with Crippen molar-refractivity contribution in [2.24, 2.45) is 5.92 Å². The first-order chi connectivity index (χ1) is 16.1. The first-order valence-corrected chi connectivity index (χ1v) is 11.1. The number of hydrogen-bond donors (Lipinski definition) is 3. The molecule has 2 aliphatic rings. The van der Waals surface area contributed by atoms with E-state index in [2.05, 4.69) is 23.1 Å². The first kappa shape index (κ1) is 23.9. The number of nitriles is 1. The van der Waals surface area contributed by atoms with Crippen LogP contribution in [0.5, 0.6) is 0 Å². The van der Waals surface area contributed by atoms with Crippen molar-refractivity contribution in [2.45, 2.75) is 69.5 Å². The van der Waals surface area contributed by atoms with E-state index in [1.54, 1.807) is 6.07 Å². The second-order valence-electron chi connectivity index (χ2n) is 9.39. The van der Waals surface area contributed by atoms with Gasteiger partial charge in [-0.2, -0.15) is 10.4 Å². The van der Waals surface area contributed by atoms with E-state index in [-0.39, 0.29) is 17.4 Å². The van der Waals surface area contributed by atoms with Crippen LogP contribution in [0, 0.1) is 17.2 Å². The number of aliphatic hydroxyl groups excluding tert-OH is 2. The molecule has 4 rings (SSSR count). The molecular formula is C23H29N5O6. The number of aromatic nitrogens is 3. The van der Waals surface area contributed by atoms with Crippen LogP contribution in [0.1, 0.15) is 45.7 Å². The van der Waals surface area contributed by atoms with Gasteiger partial charge in [0.15, 0.2) is 5.82 Å². The van der Waals surface area contributed by atoms with Crippen molar-refractivity contribution in [1.82, 2.24) is 14.6 Å². The highest BCUT2D eigenvalue weighted by atomic mass is 16.7. The maximum absolute atomic E-state index is 12.4. The second-order valence-corrected chi connectivity index (χ2v) is 9.39. The molecule has 1 aliphatic carbocycles. The maximum Gasteiger partial charge on any atom is 0.508 e. The van der Waals surface area contributed by atoms with Crippen LogP contribution in [-0.4, -0.2) is 61.5 Å². The smallest absolute Gasteiger partial charge is 0.431 e. The Kier molecular flexibility index (Phi) is 6.24. The number of carbonyl (C=O) groups is 1. The van der Waals surface area contributed by atoms with Gasteiger partial charge in [0.2, 0.25) is 5.60 Å². The summed E-state index contributed by atoms with van der Waals surface area (Å²) in [5.41, 5.74) is 5.05. The molecule has 2 aromatic heterocycles. The van der Waals surface area contributed by atoms with Crippen molar-refractivity contribution >= 4 is 17.5 Å². The minimum atomic E-state index is -1.96. The third-order valence-electron chi connectivity index (χ3n) is 6.82. The van der Waals surface area contributed by atoms with Crippen LogP contribution >= 0.6 is 0 Å². The molecule has 4 N–H and O–H groups in total. The van der Waals surface area contributed by atoms with E-state index in [0.717, 1.165) is 19.3 Å². The molecule has 1 unspecified atom stereocenters. The van der Waals surface area contributed by atoms with E-state index in [0.29, 0.717) is 5.52 Å². The van der Waals surface area contributed by atoms with Gasteiger partial charge in [0.25, 0.3) is 0 Å². The highest BCUT2D eigenvalue weighted by Gasteiger charge is 2.58. The zero-order valence-electron chi connectivity index (χ0n) is 19.3. The monoisotopic (exact) mass is 471 g/mol. The number of aliphatic hydroxyl groups is 2. The SMILES string of the molecule is CC1=CCC(C(C)(C)OC(=O)OC[C@H]2O[C@@](C#N)(c3ccc4c(N)ncnn34)[C@H](O)[C@@H]2O)CC1. The molecule has 1 aliphatic heterocycles. The van der Waals surface area contributed by atoms with Crippen molar-refractivity contribution in [3.8, 4) is 6.07 Å². The summed E-state index contributed by atoms with van der Waals surface area (Å²) in [5, 5.41) is 35.4. The van der Waals surface area contributed by atoms with Crippen LogP contribution in [0.3, 0.4) is 0 Å². The quantitative estimate of drug-likeness (QED) is 0.432. The Morgan fingerprint density at radius 3 is 2.88 bits per heavy atom. The third-order valence-corrected chi connectivity index (χ3v) is 6.82. The third kappa shape index (κ3) is 4.09. The predicted octanol–water partition coefficient (Wildman–Crippen LogP) is 1.83. The fraction of sp³-hybridized carbons (Fsp3) is 0.565. The Bertz CT molecular complexity index is 1150. The summed E-state index contributed by atoms with van der Waals surface area (Å²) in [6.45, 7) is 5.34. The van der Waals surface area contributed by atoms with Gasteiger partial charge in [0, 0.05) is 5.92 Å². The van der Waals surface area contributed by atoms with E-state index in [9.17, 15) is 20.3 Å². The molecular weight excluding hydrogens is 442 g/mol. The van der Waals surface area contributed by atoms with E-state index < -0.39 is 42.3 Å². The molecule has 5 atom stereocenters. The Balaban J connectivity index is 1.45. The number of hydrogen-bond acceptors (Lipinski definition) is 10. The number of ether oxygens (including phenoxy) is 3. The standard InChI is InChI=1S/C23H29N5O6/c1-13-4-6-14(7-5-13)22(2,3)34-21(31)32-10-16-18(29)19(30)23(11-24,33-16)17-9-8-15-20(25)26-12-27-28(15)17/h4,8-9,12,14,16,18-19,29-30H,5-7,10H2,1-3H3,(H2,25,26,27)/t14?,16-,18-,19-,23+/m1/s1. The summed E-state index contributed by atoms with van der Waals surface area (Å²) >= 11 is 0. The molecule has 2 aromatic rings. The average molecular weight is 472 g/mol. The Hall–Kier alpha value is -3.20. The van der Waals surface area contributed by atoms with Gasteiger partial charge in [-0.25, -0.2) is 14.3 Å². The minimum Gasteiger partial charge on any atom is -0.431 e. The number of allylic oxidation sites excluding steroid dienone is 2. The van der Waals surface area contributed by atoms with E-state index in [1.165, 1.54) is 22.5 Å². The largest absolute Gasteiger partial charge is 0.508 e. The number of carbonyl (C=O) groups excluding carboxylic acids is 1. The van der Waals surface area contributed by atoms with Crippen LogP contribution in [-0.2, 0) is 19.8 Å². The van der Waals surface area contributed by atoms with Crippen molar-refractivity contribution in [3.05, 3.63) is 35.8 Å². The highest BCUT2D eigenvalue weighted by molar-refractivity contribution is 5.66. The van der Waals surface area contributed by atoms with Crippen LogP contribution < -0.4 is 5.73 Å². The van der Waals surface area contributed by atoms with Crippen molar-refractivity contribution in [3.63, 3.8) is 0 Å². The van der Waals surface area contributed by atoms with Crippen LogP contribution in [0.2, 0.25) is 0 Å². The molecule has 1 saturated heterocycles.